The summed E-state index contributed by atoms with van der Waals surface area (Å²) in [6.45, 7) is 1.51. The molecule has 1 aliphatic heterocycles. The summed E-state index contributed by atoms with van der Waals surface area (Å²) in [5, 5.41) is 5.90. The van der Waals surface area contributed by atoms with E-state index >= 15 is 0 Å². The Balaban J connectivity index is 0.00000220. The van der Waals surface area contributed by atoms with Crippen molar-refractivity contribution < 1.29 is 13.2 Å². The molecule has 1 aliphatic rings. The number of carbonyl (C=O) groups excluding carboxylic acids is 1. The van der Waals surface area contributed by atoms with Crippen molar-refractivity contribution in [3.8, 4) is 0 Å². The van der Waals surface area contributed by atoms with Gasteiger partial charge in [-0.2, -0.15) is 0 Å². The SMILES string of the molecule is CN(C)S(=O)(=O)c1cccc(NC(=O)C2CCNC2)c1.Cl. The van der Waals surface area contributed by atoms with E-state index in [1.165, 1.54) is 26.2 Å². The molecule has 6 nitrogen and oxygen atoms in total. The quantitative estimate of drug-likeness (QED) is 0.858. The number of halogens is 1. The van der Waals surface area contributed by atoms with E-state index < -0.39 is 10.0 Å². The summed E-state index contributed by atoms with van der Waals surface area (Å²) in [4.78, 5) is 12.2. The molecule has 1 unspecified atom stereocenters. The minimum absolute atomic E-state index is 0. The van der Waals surface area contributed by atoms with Gasteiger partial charge in [-0.1, -0.05) is 6.07 Å². The minimum Gasteiger partial charge on any atom is -0.326 e. The lowest BCUT2D eigenvalue weighted by Crippen LogP contribution is -2.25. The van der Waals surface area contributed by atoms with Gasteiger partial charge >= 0.3 is 0 Å². The highest BCUT2D eigenvalue weighted by atomic mass is 35.5. The van der Waals surface area contributed by atoms with E-state index in [0.29, 0.717) is 12.2 Å². The Hall–Kier alpha value is -1.15. The number of hydrogen-bond donors (Lipinski definition) is 2. The van der Waals surface area contributed by atoms with Gasteiger partial charge in [0.2, 0.25) is 15.9 Å². The third-order valence-corrected chi connectivity index (χ3v) is 5.12. The molecule has 21 heavy (non-hydrogen) atoms. The molecule has 0 aliphatic carbocycles. The summed E-state index contributed by atoms with van der Waals surface area (Å²) in [6.07, 6.45) is 0.807. The summed E-state index contributed by atoms with van der Waals surface area (Å²) >= 11 is 0. The van der Waals surface area contributed by atoms with Crippen LogP contribution in [0.15, 0.2) is 29.2 Å². The Morgan fingerprint density at radius 2 is 2.10 bits per heavy atom. The Labute approximate surface area is 131 Å². The molecule has 1 fully saturated rings. The van der Waals surface area contributed by atoms with Crippen LogP contribution in [0.5, 0.6) is 0 Å². The van der Waals surface area contributed by atoms with Gasteiger partial charge in [-0.05, 0) is 31.2 Å². The van der Waals surface area contributed by atoms with Gasteiger partial charge in [-0.25, -0.2) is 12.7 Å². The molecular weight excluding hydrogens is 314 g/mol. The van der Waals surface area contributed by atoms with Gasteiger partial charge in [-0.15, -0.1) is 12.4 Å². The lowest BCUT2D eigenvalue weighted by atomic mass is 10.1. The second kappa shape index (κ2) is 7.22. The number of amides is 1. The molecule has 0 radical (unpaired) electrons. The van der Waals surface area contributed by atoms with Crippen molar-refractivity contribution >= 4 is 34.0 Å². The molecule has 1 aromatic rings. The predicted molar refractivity (Wildman–Crippen MR) is 84.2 cm³/mol. The van der Waals surface area contributed by atoms with Crippen molar-refractivity contribution in [2.75, 3.05) is 32.5 Å². The Kier molecular flexibility index (Phi) is 6.15. The van der Waals surface area contributed by atoms with Gasteiger partial charge in [0.05, 0.1) is 10.8 Å². The normalized spacial score (nSPS) is 18.3. The molecular formula is C13H20ClN3O3S. The van der Waals surface area contributed by atoms with Gasteiger partial charge in [0.15, 0.2) is 0 Å². The van der Waals surface area contributed by atoms with Crippen molar-refractivity contribution in [2.45, 2.75) is 11.3 Å². The molecule has 2 N–H and O–H groups in total. The van der Waals surface area contributed by atoms with Gasteiger partial charge in [-0.3, -0.25) is 4.79 Å². The largest absolute Gasteiger partial charge is 0.326 e. The zero-order chi connectivity index (χ0) is 14.8. The Bertz CT molecular complexity index is 598. The zero-order valence-electron chi connectivity index (χ0n) is 12.0. The first-order valence-corrected chi connectivity index (χ1v) is 7.89. The average Bonchev–Trinajstić information content (AvgIpc) is 2.92. The Morgan fingerprint density at radius 3 is 2.67 bits per heavy atom. The van der Waals surface area contributed by atoms with Crippen LogP contribution >= 0.6 is 12.4 Å². The van der Waals surface area contributed by atoms with Crippen LogP contribution in [0, 0.1) is 5.92 Å². The van der Waals surface area contributed by atoms with Crippen LogP contribution in [0.2, 0.25) is 0 Å². The molecule has 0 aromatic heterocycles. The van der Waals surface area contributed by atoms with E-state index in [1.54, 1.807) is 12.1 Å². The van der Waals surface area contributed by atoms with Crippen LogP contribution in [0.4, 0.5) is 5.69 Å². The first-order chi connectivity index (χ1) is 9.41. The summed E-state index contributed by atoms with van der Waals surface area (Å²) in [5.74, 6) is -0.126. The molecule has 0 saturated carbocycles. The molecule has 8 heteroatoms. The maximum absolute atomic E-state index is 12.0. The fraction of sp³-hybridized carbons (Fsp3) is 0.462. The van der Waals surface area contributed by atoms with E-state index in [2.05, 4.69) is 10.6 Å². The molecule has 1 atom stereocenters. The van der Waals surface area contributed by atoms with E-state index in [0.717, 1.165) is 17.3 Å². The first kappa shape index (κ1) is 17.9. The number of nitrogens with zero attached hydrogens (tertiary/aromatic N) is 1. The third kappa shape index (κ3) is 4.16. The second-order valence-electron chi connectivity index (χ2n) is 4.99. The number of rotatable bonds is 4. The number of benzene rings is 1. The van der Waals surface area contributed by atoms with Crippen molar-refractivity contribution in [1.29, 1.82) is 0 Å². The summed E-state index contributed by atoms with van der Waals surface area (Å²) < 4.78 is 25.2. The van der Waals surface area contributed by atoms with Crippen molar-refractivity contribution in [3.05, 3.63) is 24.3 Å². The standard InChI is InChI=1S/C13H19N3O3S.ClH/c1-16(2)20(18,19)12-5-3-4-11(8-12)15-13(17)10-6-7-14-9-10;/h3-5,8,10,14H,6-7,9H2,1-2H3,(H,15,17);1H. The number of carbonyl (C=O) groups is 1. The molecule has 0 spiro atoms. The van der Waals surface area contributed by atoms with Crippen LogP contribution in [-0.4, -0.2) is 45.8 Å². The van der Waals surface area contributed by atoms with Gasteiger partial charge in [0.25, 0.3) is 0 Å². The van der Waals surface area contributed by atoms with Crippen molar-refractivity contribution in [2.24, 2.45) is 5.92 Å². The minimum atomic E-state index is -3.48. The fourth-order valence-corrected chi connectivity index (χ4v) is 3.02. The first-order valence-electron chi connectivity index (χ1n) is 6.45. The summed E-state index contributed by atoms with van der Waals surface area (Å²) in [6, 6.07) is 6.31. The molecule has 2 rings (SSSR count). The highest BCUT2D eigenvalue weighted by molar-refractivity contribution is 7.89. The van der Waals surface area contributed by atoms with Crippen LogP contribution in [0.3, 0.4) is 0 Å². The molecule has 1 aromatic carbocycles. The summed E-state index contributed by atoms with van der Waals surface area (Å²) in [7, 11) is -0.531. The predicted octanol–water partition coefficient (Wildman–Crippen LogP) is 0.907. The Morgan fingerprint density at radius 1 is 1.38 bits per heavy atom. The van der Waals surface area contributed by atoms with E-state index in [-0.39, 0.29) is 29.1 Å². The van der Waals surface area contributed by atoms with E-state index in [1.807, 2.05) is 0 Å². The van der Waals surface area contributed by atoms with Crippen LogP contribution < -0.4 is 10.6 Å². The molecule has 1 amide bonds. The fourth-order valence-electron chi connectivity index (χ4n) is 2.07. The van der Waals surface area contributed by atoms with E-state index in [4.69, 9.17) is 0 Å². The van der Waals surface area contributed by atoms with Crippen LogP contribution in [0.1, 0.15) is 6.42 Å². The number of sulfonamides is 1. The topological polar surface area (TPSA) is 78.5 Å². The number of hydrogen-bond acceptors (Lipinski definition) is 4. The molecule has 118 valence electrons. The van der Waals surface area contributed by atoms with Gasteiger partial charge in [0, 0.05) is 26.3 Å². The lowest BCUT2D eigenvalue weighted by Gasteiger charge is -2.14. The molecule has 1 heterocycles. The van der Waals surface area contributed by atoms with Gasteiger partial charge in [0.1, 0.15) is 0 Å². The van der Waals surface area contributed by atoms with Crippen molar-refractivity contribution in [3.63, 3.8) is 0 Å². The highest BCUT2D eigenvalue weighted by Crippen LogP contribution is 2.19. The maximum atomic E-state index is 12.0. The highest BCUT2D eigenvalue weighted by Gasteiger charge is 2.23. The average molecular weight is 334 g/mol. The van der Waals surface area contributed by atoms with Crippen molar-refractivity contribution in [1.82, 2.24) is 9.62 Å². The van der Waals surface area contributed by atoms with Gasteiger partial charge < -0.3 is 10.6 Å². The summed E-state index contributed by atoms with van der Waals surface area (Å²) in [5.41, 5.74) is 0.504. The zero-order valence-corrected chi connectivity index (χ0v) is 13.6. The third-order valence-electron chi connectivity index (χ3n) is 3.31. The monoisotopic (exact) mass is 333 g/mol. The number of anilines is 1. The maximum Gasteiger partial charge on any atom is 0.242 e. The van der Waals surface area contributed by atoms with Crippen LogP contribution in [0.25, 0.3) is 0 Å². The van der Waals surface area contributed by atoms with E-state index in [9.17, 15) is 13.2 Å². The number of nitrogens with one attached hydrogen (secondary N) is 2. The second-order valence-corrected chi connectivity index (χ2v) is 7.15. The smallest absolute Gasteiger partial charge is 0.242 e. The molecule has 0 bridgehead atoms. The molecule has 1 saturated heterocycles. The van der Waals surface area contributed by atoms with Crippen LogP contribution in [-0.2, 0) is 14.8 Å². The lowest BCUT2D eigenvalue weighted by molar-refractivity contribution is -0.119.